The van der Waals surface area contributed by atoms with E-state index in [-0.39, 0.29) is 11.4 Å². The fraction of sp³-hybridized carbons (Fsp3) is 0.0667. The van der Waals surface area contributed by atoms with Crippen LogP contribution in [0.1, 0.15) is 26.7 Å². The van der Waals surface area contributed by atoms with Crippen molar-refractivity contribution < 1.29 is 9.59 Å². The van der Waals surface area contributed by atoms with Crippen molar-refractivity contribution in [1.29, 1.82) is 0 Å². The molecular formula is C15H14N6O2. The minimum atomic E-state index is -0.702. The fourth-order valence-electron chi connectivity index (χ4n) is 2.10. The zero-order valence-corrected chi connectivity index (χ0v) is 12.3. The van der Waals surface area contributed by atoms with Crippen molar-refractivity contribution in [2.45, 2.75) is 6.92 Å². The van der Waals surface area contributed by atoms with E-state index in [2.05, 4.69) is 25.5 Å². The largest absolute Gasteiger partial charge is 0.364 e. The van der Waals surface area contributed by atoms with Gasteiger partial charge in [0.2, 0.25) is 0 Å². The van der Waals surface area contributed by atoms with Crippen LogP contribution in [0.4, 0.5) is 5.69 Å². The zero-order chi connectivity index (χ0) is 16.4. The number of carbonyl (C=O) groups is 2. The Balaban J connectivity index is 1.88. The number of aryl methyl sites for hydroxylation is 1. The highest BCUT2D eigenvalue weighted by Gasteiger charge is 2.15. The molecule has 0 saturated carbocycles. The van der Waals surface area contributed by atoms with Gasteiger partial charge in [-0.05, 0) is 19.1 Å². The highest BCUT2D eigenvalue weighted by Crippen LogP contribution is 2.25. The quantitative estimate of drug-likeness (QED) is 0.581. The standard InChI is InChI=1S/C15H14N6O2/c1-8-7-17-14(18-8)9-4-2-3-5-10(9)19-15(23)12-6-11(13(16)22)20-21-12/h2-7H,1H3,(H2,16,22)(H,17,18)(H,19,23)(H,20,21). The predicted molar refractivity (Wildman–Crippen MR) is 83.8 cm³/mol. The Morgan fingerprint density at radius 2 is 2.04 bits per heavy atom. The van der Waals surface area contributed by atoms with Crippen LogP contribution in [0.2, 0.25) is 0 Å². The summed E-state index contributed by atoms with van der Waals surface area (Å²) in [6, 6.07) is 8.56. The highest BCUT2D eigenvalue weighted by atomic mass is 16.2. The first-order valence-electron chi connectivity index (χ1n) is 6.82. The molecule has 0 atom stereocenters. The van der Waals surface area contributed by atoms with Crippen LogP contribution >= 0.6 is 0 Å². The Bertz CT molecular complexity index is 879. The van der Waals surface area contributed by atoms with Crippen molar-refractivity contribution >= 4 is 17.5 Å². The first kappa shape index (κ1) is 14.5. The number of aromatic nitrogens is 4. The summed E-state index contributed by atoms with van der Waals surface area (Å²) in [5, 5.41) is 8.93. The van der Waals surface area contributed by atoms with Crippen LogP contribution in [0.3, 0.4) is 0 Å². The summed E-state index contributed by atoms with van der Waals surface area (Å²) in [6.07, 6.45) is 1.71. The second-order valence-corrected chi connectivity index (χ2v) is 4.95. The number of H-pyrrole nitrogens is 2. The molecule has 8 heteroatoms. The van der Waals surface area contributed by atoms with Gasteiger partial charge in [-0.1, -0.05) is 12.1 Å². The van der Waals surface area contributed by atoms with E-state index in [1.165, 1.54) is 6.07 Å². The van der Waals surface area contributed by atoms with Gasteiger partial charge in [0.15, 0.2) is 5.69 Å². The molecule has 8 nitrogen and oxygen atoms in total. The van der Waals surface area contributed by atoms with Crippen LogP contribution in [0.15, 0.2) is 36.5 Å². The summed E-state index contributed by atoms with van der Waals surface area (Å²) in [5.41, 5.74) is 7.52. The van der Waals surface area contributed by atoms with Crippen molar-refractivity contribution in [2.24, 2.45) is 5.73 Å². The molecule has 0 saturated heterocycles. The van der Waals surface area contributed by atoms with Crippen molar-refractivity contribution in [3.8, 4) is 11.4 Å². The first-order chi connectivity index (χ1) is 11.0. The molecule has 0 aliphatic rings. The van der Waals surface area contributed by atoms with E-state index >= 15 is 0 Å². The molecule has 116 valence electrons. The van der Waals surface area contributed by atoms with Gasteiger partial charge in [0.25, 0.3) is 11.8 Å². The van der Waals surface area contributed by atoms with E-state index in [4.69, 9.17) is 5.73 Å². The van der Waals surface area contributed by atoms with Gasteiger partial charge < -0.3 is 16.0 Å². The molecule has 2 heterocycles. The number of nitrogens with two attached hydrogens (primary N) is 1. The SMILES string of the molecule is Cc1cnc(-c2ccccc2NC(=O)c2cc(C(N)=O)n[nH]2)[nH]1. The van der Waals surface area contributed by atoms with Crippen molar-refractivity contribution in [1.82, 2.24) is 20.2 Å². The summed E-state index contributed by atoms with van der Waals surface area (Å²) >= 11 is 0. The lowest BCUT2D eigenvalue weighted by Crippen LogP contribution is -2.13. The van der Waals surface area contributed by atoms with E-state index in [1.54, 1.807) is 18.3 Å². The lowest BCUT2D eigenvalue weighted by Gasteiger charge is -2.08. The van der Waals surface area contributed by atoms with E-state index < -0.39 is 11.8 Å². The fourth-order valence-corrected chi connectivity index (χ4v) is 2.10. The molecule has 1 aromatic carbocycles. The maximum absolute atomic E-state index is 12.3. The minimum absolute atomic E-state index is 0.00472. The molecule has 0 spiro atoms. The second-order valence-electron chi connectivity index (χ2n) is 4.95. The van der Waals surface area contributed by atoms with Gasteiger partial charge in [-0.15, -0.1) is 0 Å². The van der Waals surface area contributed by atoms with Crippen LogP contribution in [-0.4, -0.2) is 32.0 Å². The first-order valence-corrected chi connectivity index (χ1v) is 6.82. The average Bonchev–Trinajstić information content (AvgIpc) is 3.17. The van der Waals surface area contributed by atoms with Crippen LogP contribution in [-0.2, 0) is 0 Å². The third-order valence-corrected chi connectivity index (χ3v) is 3.21. The molecule has 3 rings (SSSR count). The van der Waals surface area contributed by atoms with Crippen LogP contribution < -0.4 is 11.1 Å². The molecule has 0 aliphatic heterocycles. The topological polar surface area (TPSA) is 130 Å². The summed E-state index contributed by atoms with van der Waals surface area (Å²) in [7, 11) is 0. The Morgan fingerprint density at radius 1 is 1.26 bits per heavy atom. The number of aromatic amines is 2. The normalized spacial score (nSPS) is 10.5. The molecule has 0 fully saturated rings. The third-order valence-electron chi connectivity index (χ3n) is 3.21. The van der Waals surface area contributed by atoms with E-state index in [0.717, 1.165) is 11.3 Å². The number of carbonyl (C=O) groups excluding carboxylic acids is 2. The molecular weight excluding hydrogens is 296 g/mol. The number of primary amides is 1. The van der Waals surface area contributed by atoms with Crippen LogP contribution in [0.5, 0.6) is 0 Å². The van der Waals surface area contributed by atoms with E-state index in [0.29, 0.717) is 11.5 Å². The van der Waals surface area contributed by atoms with Gasteiger partial charge in [-0.25, -0.2) is 4.98 Å². The molecule has 23 heavy (non-hydrogen) atoms. The Labute approximate surface area is 131 Å². The Kier molecular flexibility index (Phi) is 3.63. The van der Waals surface area contributed by atoms with Crippen molar-refractivity contribution in [2.75, 3.05) is 5.32 Å². The van der Waals surface area contributed by atoms with Crippen LogP contribution in [0, 0.1) is 6.92 Å². The van der Waals surface area contributed by atoms with E-state index in [9.17, 15) is 9.59 Å². The van der Waals surface area contributed by atoms with Crippen LogP contribution in [0.25, 0.3) is 11.4 Å². The smallest absolute Gasteiger partial charge is 0.273 e. The molecule has 0 unspecified atom stereocenters. The Morgan fingerprint density at radius 3 is 2.70 bits per heavy atom. The molecule has 0 bridgehead atoms. The maximum atomic E-state index is 12.3. The van der Waals surface area contributed by atoms with Gasteiger partial charge in [0.1, 0.15) is 11.5 Å². The number of anilines is 1. The number of nitrogens with zero attached hydrogens (tertiary/aromatic N) is 2. The number of para-hydroxylation sites is 1. The predicted octanol–water partition coefficient (Wildman–Crippen LogP) is 1.46. The third kappa shape index (κ3) is 2.95. The number of hydrogen-bond acceptors (Lipinski definition) is 4. The zero-order valence-electron chi connectivity index (χ0n) is 12.3. The molecule has 5 N–H and O–H groups in total. The van der Waals surface area contributed by atoms with Gasteiger partial charge >= 0.3 is 0 Å². The van der Waals surface area contributed by atoms with Gasteiger partial charge in [-0.2, -0.15) is 5.10 Å². The van der Waals surface area contributed by atoms with Gasteiger partial charge in [-0.3, -0.25) is 14.7 Å². The highest BCUT2D eigenvalue weighted by molar-refractivity contribution is 6.06. The molecule has 0 aliphatic carbocycles. The maximum Gasteiger partial charge on any atom is 0.273 e. The molecule has 2 aromatic heterocycles. The van der Waals surface area contributed by atoms with Gasteiger partial charge in [0, 0.05) is 23.5 Å². The number of hydrogen-bond donors (Lipinski definition) is 4. The van der Waals surface area contributed by atoms with Crippen molar-refractivity contribution in [3.05, 3.63) is 53.6 Å². The number of imidazole rings is 1. The monoisotopic (exact) mass is 310 g/mol. The molecule has 2 amide bonds. The summed E-state index contributed by atoms with van der Waals surface area (Å²) in [4.78, 5) is 30.7. The summed E-state index contributed by atoms with van der Waals surface area (Å²) in [6.45, 7) is 1.90. The van der Waals surface area contributed by atoms with Crippen molar-refractivity contribution in [3.63, 3.8) is 0 Å². The molecule has 3 aromatic rings. The summed E-state index contributed by atoms with van der Waals surface area (Å²) in [5.74, 6) is -0.478. The second kappa shape index (κ2) is 5.76. The number of rotatable bonds is 4. The number of benzene rings is 1. The lowest BCUT2D eigenvalue weighted by atomic mass is 10.1. The van der Waals surface area contributed by atoms with E-state index in [1.807, 2.05) is 19.1 Å². The van der Waals surface area contributed by atoms with Gasteiger partial charge in [0.05, 0.1) is 5.69 Å². The lowest BCUT2D eigenvalue weighted by molar-refractivity contribution is 0.0994. The number of amides is 2. The minimum Gasteiger partial charge on any atom is -0.364 e. The molecule has 0 radical (unpaired) electrons. The average molecular weight is 310 g/mol. The number of nitrogens with one attached hydrogen (secondary N) is 3. The summed E-state index contributed by atoms with van der Waals surface area (Å²) < 4.78 is 0. The Hall–Kier alpha value is -3.42.